The van der Waals surface area contributed by atoms with E-state index < -0.39 is 0 Å². The number of hydrogen-bond donors (Lipinski definition) is 0. The van der Waals surface area contributed by atoms with E-state index in [1.54, 1.807) is 0 Å². The maximum Gasteiger partial charge on any atom is 0 e. The zero-order valence-corrected chi connectivity index (χ0v) is 22.8. The van der Waals surface area contributed by atoms with Crippen LogP contribution in [0.4, 0.5) is 0 Å². The van der Waals surface area contributed by atoms with Gasteiger partial charge in [-0.2, -0.15) is 0 Å². The summed E-state index contributed by atoms with van der Waals surface area (Å²) in [5.74, 6) is 0. The average molecular weight is 772 g/mol. The van der Waals surface area contributed by atoms with E-state index >= 15 is 0 Å². The van der Waals surface area contributed by atoms with E-state index in [4.69, 9.17) is 46.5 Å². The predicted molar refractivity (Wildman–Crippen MR) is 79.6 cm³/mol. The molecule has 0 aliphatic rings. The molecular weight excluding hydrogens is 758 g/mol. The van der Waals surface area contributed by atoms with Gasteiger partial charge in [0, 0.05) is 42.1 Å². The molecule has 0 fully saturated rings. The normalized spacial score (nSPS) is 3.07. The van der Waals surface area contributed by atoms with Crippen molar-refractivity contribution in [2.45, 2.75) is 0 Å². The second-order valence-corrected chi connectivity index (χ2v) is 12.0. The van der Waals surface area contributed by atoms with Gasteiger partial charge in [0.25, 0.3) is 0 Å². The van der Waals surface area contributed by atoms with Crippen LogP contribution in [0.2, 0.25) is 0 Å². The van der Waals surface area contributed by atoms with Gasteiger partial charge in [0.05, 0.1) is 26.7 Å². The molecule has 0 heterocycles. The minimum Gasteiger partial charge on any atom is 0 e. The Kier molecular flexibility index (Phi) is 1800. The summed E-state index contributed by atoms with van der Waals surface area (Å²) >= 11 is 0. The van der Waals surface area contributed by atoms with E-state index in [-0.39, 0.29) is 57.4 Å². The van der Waals surface area contributed by atoms with Gasteiger partial charge in [-0.25, -0.2) is 0 Å². The maximum atomic E-state index is 7.50. The van der Waals surface area contributed by atoms with Crippen molar-refractivity contribution < 1.29 is 88.7 Å². The third-order valence-corrected chi connectivity index (χ3v) is 9.00. The predicted octanol–water partition coefficient (Wildman–Crippen LogP) is 1.47. The molecule has 0 radical (unpaired) electrons. The van der Waals surface area contributed by atoms with E-state index in [1.165, 1.54) is 0 Å². The van der Waals surface area contributed by atoms with Gasteiger partial charge in [-0.3, -0.25) is 0 Å². The molecule has 0 spiro atoms. The molecular formula is C14H14O10P2W2+2. The van der Waals surface area contributed by atoms with E-state index in [0.29, 0.717) is 0 Å². The van der Waals surface area contributed by atoms with Crippen LogP contribution >= 0.6 is 15.2 Å². The fraction of sp³-hybridized carbons (Fsp3) is 0.286. The summed E-state index contributed by atoms with van der Waals surface area (Å²) < 4.78 is 75.0. The van der Waals surface area contributed by atoms with Gasteiger partial charge in [-0.15, -0.1) is 0 Å². The van der Waals surface area contributed by atoms with Crippen molar-refractivity contribution in [3.8, 4) is 0 Å². The first kappa shape index (κ1) is 91.5. The first-order valence-electron chi connectivity index (χ1n) is 4.29. The Morgan fingerprint density at radius 3 is 0.321 bits per heavy atom. The first-order chi connectivity index (χ1) is 12.6. The fourth-order valence-corrected chi connectivity index (χ4v) is 0. The van der Waals surface area contributed by atoms with Crippen LogP contribution in [0.5, 0.6) is 0 Å². The maximum absolute atomic E-state index is 7.50. The van der Waals surface area contributed by atoms with Crippen LogP contribution in [-0.2, 0) is 88.7 Å². The topological polar surface area (TPSA) is 199 Å². The molecule has 0 aromatic carbocycles. The summed E-state index contributed by atoms with van der Waals surface area (Å²) in [5.41, 5.74) is 0. The molecule has 0 N–H and O–H groups in total. The Morgan fingerprint density at radius 2 is 0.321 bits per heavy atom. The Balaban J connectivity index is -0.00000000834. The van der Waals surface area contributed by atoms with Crippen LogP contribution in [0, 0.1) is 66.5 Å². The smallest absolute Gasteiger partial charge is 0 e. The second-order valence-electron chi connectivity index (χ2n) is 2.00. The summed E-state index contributed by atoms with van der Waals surface area (Å²) in [6.07, 6.45) is 0. The Labute approximate surface area is 196 Å². The largest absolute Gasteiger partial charge is 0 e. The van der Waals surface area contributed by atoms with Gasteiger partial charge in [-0.05, 0) is 0 Å². The molecule has 0 saturated heterocycles. The molecule has 0 bridgehead atoms. The zero-order valence-electron chi connectivity index (χ0n) is 14.9. The summed E-state index contributed by atoms with van der Waals surface area (Å²) in [6.45, 7) is 54.6. The molecule has 28 heavy (non-hydrogen) atoms. The quantitative estimate of drug-likeness (QED) is 0.212. The molecule has 0 aliphatic carbocycles. The molecule has 0 amide bonds. The van der Waals surface area contributed by atoms with Gasteiger partial charge < -0.3 is 0 Å². The standard InChI is InChI=1S/C4H14P2.10CO.2W/c1-5(2)6(3)4;10*1-2;;/h5-6H,1-4H3;;;;;;;;;;;;/q+2;;;;;;;;;;;;. The minimum absolute atomic E-state index is 0. The number of hydrogen-bond acceptors (Lipinski definition) is 0. The molecule has 10 nitrogen and oxygen atoms in total. The Hall–Kier alpha value is -0.363. The van der Waals surface area contributed by atoms with Gasteiger partial charge in [0.2, 0.25) is 0 Å². The third-order valence-electron chi connectivity index (χ3n) is 1.00. The molecule has 0 aromatic rings. The van der Waals surface area contributed by atoms with E-state index in [9.17, 15) is 0 Å². The Bertz CT molecular complexity index is 259. The molecule has 0 saturated carbocycles. The van der Waals surface area contributed by atoms with E-state index in [0.717, 1.165) is 0 Å². The molecule has 0 unspecified atom stereocenters. The van der Waals surface area contributed by atoms with Crippen LogP contribution in [0.3, 0.4) is 0 Å². The third kappa shape index (κ3) is 1180. The summed E-state index contributed by atoms with van der Waals surface area (Å²) in [5, 5.41) is 0. The fourth-order valence-electron chi connectivity index (χ4n) is 0. The van der Waals surface area contributed by atoms with Crippen LogP contribution in [0.15, 0.2) is 0 Å². The molecule has 14 heteroatoms. The summed E-state index contributed by atoms with van der Waals surface area (Å²) in [6, 6.07) is 0. The number of rotatable bonds is 1. The van der Waals surface area contributed by atoms with Crippen molar-refractivity contribution in [1.82, 2.24) is 0 Å². The molecule has 0 aliphatic heterocycles. The monoisotopic (exact) mass is 772 g/mol. The van der Waals surface area contributed by atoms with Crippen LogP contribution in [-0.4, -0.2) is 26.7 Å². The first-order valence-corrected chi connectivity index (χ1v) is 10.3. The van der Waals surface area contributed by atoms with Crippen molar-refractivity contribution in [1.29, 1.82) is 0 Å². The van der Waals surface area contributed by atoms with Crippen molar-refractivity contribution in [2.24, 2.45) is 0 Å². The summed E-state index contributed by atoms with van der Waals surface area (Å²) in [7, 11) is 0.300. The second kappa shape index (κ2) is 551. The van der Waals surface area contributed by atoms with Crippen LogP contribution < -0.4 is 0 Å². The average Bonchev–Trinajstić information content (AvgIpc) is 2.82. The summed E-state index contributed by atoms with van der Waals surface area (Å²) in [4.78, 5) is 0. The van der Waals surface area contributed by atoms with Gasteiger partial charge in [0.15, 0.2) is 0 Å². The van der Waals surface area contributed by atoms with Gasteiger partial charge >= 0.3 is 113 Å². The molecule has 0 aromatic heterocycles. The molecule has 150 valence electrons. The van der Waals surface area contributed by atoms with E-state index in [1.807, 2.05) is 0 Å². The molecule has 0 atom stereocenters. The van der Waals surface area contributed by atoms with Crippen molar-refractivity contribution in [2.75, 3.05) is 26.7 Å². The molecule has 0 rings (SSSR count). The Morgan fingerprint density at radius 1 is 0.286 bits per heavy atom. The van der Waals surface area contributed by atoms with Crippen molar-refractivity contribution in [3.05, 3.63) is 66.5 Å². The van der Waals surface area contributed by atoms with Gasteiger partial charge in [0.1, 0.15) is 15.2 Å². The van der Waals surface area contributed by atoms with Crippen molar-refractivity contribution >= 4 is 15.2 Å². The van der Waals surface area contributed by atoms with Crippen molar-refractivity contribution in [3.63, 3.8) is 0 Å². The zero-order chi connectivity index (χ0) is 25.2. The minimum atomic E-state index is 0. The van der Waals surface area contributed by atoms with E-state index in [2.05, 4.69) is 93.2 Å². The van der Waals surface area contributed by atoms with Crippen LogP contribution in [0.1, 0.15) is 0 Å². The van der Waals surface area contributed by atoms with Crippen LogP contribution in [0.25, 0.3) is 0 Å². The SMILES string of the molecule is C[PH+](C)[PH+](C)C.[C-]#[O+].[C-]#[O+].[C-]#[O+].[C-]#[O+].[C-]#[O+].[C-]#[O+].[C-]#[O+].[C-]#[O+].[C-]#[O+].[C-]#[O+].[W].[W]. The van der Waals surface area contributed by atoms with Gasteiger partial charge in [-0.1, -0.05) is 0 Å².